The van der Waals surface area contributed by atoms with Crippen molar-refractivity contribution in [3.8, 4) is 5.75 Å². The monoisotopic (exact) mass is 473 g/mol. The van der Waals surface area contributed by atoms with E-state index in [4.69, 9.17) is 32.7 Å². The van der Waals surface area contributed by atoms with E-state index in [1.807, 2.05) is 72.8 Å². The van der Waals surface area contributed by atoms with Gasteiger partial charge in [0, 0.05) is 5.56 Å². The van der Waals surface area contributed by atoms with E-state index in [-0.39, 0.29) is 5.70 Å². The van der Waals surface area contributed by atoms with Gasteiger partial charge in [0.15, 0.2) is 5.70 Å². The van der Waals surface area contributed by atoms with Crippen molar-refractivity contribution in [3.63, 3.8) is 0 Å². The van der Waals surface area contributed by atoms with E-state index in [9.17, 15) is 4.79 Å². The van der Waals surface area contributed by atoms with Crippen LogP contribution in [-0.4, -0.2) is 11.9 Å². The molecule has 5 rings (SSSR count). The quantitative estimate of drug-likeness (QED) is 0.230. The Morgan fingerprint density at radius 1 is 0.848 bits per heavy atom. The number of aliphatic imine (C=N–C) groups is 1. The minimum atomic E-state index is -0.486. The Labute approximate surface area is 200 Å². The molecule has 0 aliphatic carbocycles. The number of hydrogen-bond acceptors (Lipinski definition) is 4. The van der Waals surface area contributed by atoms with Crippen LogP contribution < -0.4 is 4.74 Å². The number of carbonyl (C=O) groups excluding carboxylic acids is 1. The molecule has 0 fully saturated rings. The van der Waals surface area contributed by atoms with Crippen LogP contribution in [0.25, 0.3) is 16.8 Å². The van der Waals surface area contributed by atoms with Gasteiger partial charge < -0.3 is 9.47 Å². The van der Waals surface area contributed by atoms with E-state index in [2.05, 4.69) is 4.99 Å². The summed E-state index contributed by atoms with van der Waals surface area (Å²) in [6, 6.07) is 26.6. The second kappa shape index (κ2) is 9.10. The van der Waals surface area contributed by atoms with E-state index in [1.54, 1.807) is 18.2 Å². The highest BCUT2D eigenvalue weighted by molar-refractivity contribution is 6.42. The van der Waals surface area contributed by atoms with Gasteiger partial charge in [-0.05, 0) is 64.4 Å². The topological polar surface area (TPSA) is 47.9 Å². The highest BCUT2D eigenvalue weighted by Crippen LogP contribution is 2.25. The van der Waals surface area contributed by atoms with E-state index in [0.29, 0.717) is 28.3 Å². The predicted octanol–water partition coefficient (Wildman–Crippen LogP) is 7.07. The zero-order valence-corrected chi connectivity index (χ0v) is 18.8. The number of benzene rings is 4. The highest BCUT2D eigenvalue weighted by atomic mass is 35.5. The molecule has 1 aliphatic rings. The molecule has 0 atom stereocenters. The first-order valence-corrected chi connectivity index (χ1v) is 11.0. The Hall–Kier alpha value is -3.60. The Balaban J connectivity index is 1.35. The molecule has 6 heteroatoms. The summed E-state index contributed by atoms with van der Waals surface area (Å²) in [4.78, 5) is 16.8. The Morgan fingerprint density at radius 2 is 1.70 bits per heavy atom. The normalized spacial score (nSPS) is 14.4. The lowest BCUT2D eigenvalue weighted by molar-refractivity contribution is -0.129. The van der Waals surface area contributed by atoms with E-state index >= 15 is 0 Å². The Kier molecular flexibility index (Phi) is 5.86. The predicted molar refractivity (Wildman–Crippen MR) is 132 cm³/mol. The van der Waals surface area contributed by atoms with Gasteiger partial charge >= 0.3 is 5.97 Å². The molecule has 1 aliphatic heterocycles. The summed E-state index contributed by atoms with van der Waals surface area (Å²) in [5.74, 6) is 0.463. The van der Waals surface area contributed by atoms with Crippen molar-refractivity contribution in [3.05, 3.63) is 117 Å². The van der Waals surface area contributed by atoms with Gasteiger partial charge in [0.2, 0.25) is 5.90 Å². The molecule has 0 N–H and O–H groups in total. The average Bonchev–Trinajstić information content (AvgIpc) is 3.20. The van der Waals surface area contributed by atoms with Gasteiger partial charge in [-0.15, -0.1) is 0 Å². The van der Waals surface area contributed by atoms with E-state index in [0.717, 1.165) is 27.5 Å². The van der Waals surface area contributed by atoms with E-state index < -0.39 is 5.97 Å². The molecule has 0 saturated carbocycles. The summed E-state index contributed by atoms with van der Waals surface area (Å²) in [5.41, 5.74) is 2.67. The van der Waals surface area contributed by atoms with Crippen molar-refractivity contribution in [1.82, 2.24) is 0 Å². The smallest absolute Gasteiger partial charge is 0.363 e. The zero-order chi connectivity index (χ0) is 22.8. The number of nitrogens with zero attached hydrogens (tertiary/aromatic N) is 1. The zero-order valence-electron chi connectivity index (χ0n) is 17.3. The lowest BCUT2D eigenvalue weighted by Gasteiger charge is -2.08. The Bertz CT molecular complexity index is 1440. The lowest BCUT2D eigenvalue weighted by Crippen LogP contribution is -2.05. The maximum Gasteiger partial charge on any atom is 0.363 e. The second-order valence-electron chi connectivity index (χ2n) is 7.51. The number of cyclic esters (lactones) is 1. The summed E-state index contributed by atoms with van der Waals surface area (Å²) in [7, 11) is 0. The van der Waals surface area contributed by atoms with Crippen LogP contribution in [0.2, 0.25) is 10.0 Å². The van der Waals surface area contributed by atoms with Crippen molar-refractivity contribution < 1.29 is 14.3 Å². The van der Waals surface area contributed by atoms with Crippen LogP contribution in [0.5, 0.6) is 5.75 Å². The molecule has 0 aromatic heterocycles. The first kappa shape index (κ1) is 21.3. The third-order valence-corrected chi connectivity index (χ3v) is 5.91. The van der Waals surface area contributed by atoms with Crippen LogP contribution in [-0.2, 0) is 16.1 Å². The van der Waals surface area contributed by atoms with Gasteiger partial charge in [-0.25, -0.2) is 9.79 Å². The minimum absolute atomic E-state index is 0.236. The van der Waals surface area contributed by atoms with Gasteiger partial charge in [0.05, 0.1) is 10.0 Å². The number of hydrogen-bond donors (Lipinski definition) is 0. The second-order valence-corrected chi connectivity index (χ2v) is 8.32. The summed E-state index contributed by atoms with van der Waals surface area (Å²) >= 11 is 12.0. The average molecular weight is 474 g/mol. The SMILES string of the molecule is O=C1OC(c2ccc3ccccc3c2)=N/C1=C\c1cccc(OCc2ccc(Cl)c(Cl)c2)c1. The largest absolute Gasteiger partial charge is 0.489 e. The molecule has 0 radical (unpaired) electrons. The number of carbonyl (C=O) groups is 1. The van der Waals surface area contributed by atoms with Crippen LogP contribution in [0.4, 0.5) is 0 Å². The first-order chi connectivity index (χ1) is 16.0. The number of rotatable bonds is 5. The number of halogens is 2. The van der Waals surface area contributed by atoms with Gasteiger partial charge in [-0.1, -0.05) is 71.7 Å². The molecular weight excluding hydrogens is 457 g/mol. The number of ether oxygens (including phenoxy) is 2. The fourth-order valence-corrected chi connectivity index (χ4v) is 3.82. The molecule has 0 bridgehead atoms. The van der Waals surface area contributed by atoms with Crippen molar-refractivity contribution >= 4 is 51.9 Å². The van der Waals surface area contributed by atoms with Crippen molar-refractivity contribution in [1.29, 1.82) is 0 Å². The van der Waals surface area contributed by atoms with E-state index in [1.165, 1.54) is 0 Å². The third kappa shape index (κ3) is 4.77. The number of fused-ring (bicyclic) bond motifs is 1. The van der Waals surface area contributed by atoms with Gasteiger partial charge in [-0.2, -0.15) is 0 Å². The van der Waals surface area contributed by atoms with Crippen molar-refractivity contribution in [2.24, 2.45) is 4.99 Å². The molecule has 162 valence electrons. The molecule has 0 spiro atoms. The standard InChI is InChI=1S/C27H17Cl2NO3/c28-23-11-8-18(13-24(23)29)16-32-22-7-3-4-17(12-22)14-25-27(31)33-26(30-25)21-10-9-19-5-1-2-6-20(19)15-21/h1-15H,16H2/b25-14-. The van der Waals surface area contributed by atoms with Gasteiger partial charge in [0.1, 0.15) is 12.4 Å². The lowest BCUT2D eigenvalue weighted by atomic mass is 10.1. The molecule has 4 nitrogen and oxygen atoms in total. The van der Waals surface area contributed by atoms with Crippen LogP contribution in [0.15, 0.2) is 95.6 Å². The van der Waals surface area contributed by atoms with Crippen LogP contribution in [0.3, 0.4) is 0 Å². The van der Waals surface area contributed by atoms with Crippen molar-refractivity contribution in [2.75, 3.05) is 0 Å². The van der Waals surface area contributed by atoms with Crippen molar-refractivity contribution in [2.45, 2.75) is 6.61 Å². The van der Waals surface area contributed by atoms with Crippen LogP contribution in [0, 0.1) is 0 Å². The molecule has 1 heterocycles. The van der Waals surface area contributed by atoms with Gasteiger partial charge in [0.25, 0.3) is 0 Å². The molecule has 0 saturated heterocycles. The highest BCUT2D eigenvalue weighted by Gasteiger charge is 2.24. The summed E-state index contributed by atoms with van der Waals surface area (Å²) in [6.07, 6.45) is 1.68. The summed E-state index contributed by atoms with van der Waals surface area (Å²) in [5, 5.41) is 3.15. The van der Waals surface area contributed by atoms with Crippen LogP contribution >= 0.6 is 23.2 Å². The van der Waals surface area contributed by atoms with Gasteiger partial charge in [-0.3, -0.25) is 0 Å². The first-order valence-electron chi connectivity index (χ1n) is 10.2. The molecule has 0 amide bonds. The molecule has 4 aromatic carbocycles. The molecular formula is C27H17Cl2NO3. The Morgan fingerprint density at radius 3 is 2.55 bits per heavy atom. The molecule has 0 unspecified atom stereocenters. The van der Waals surface area contributed by atoms with Crippen LogP contribution in [0.1, 0.15) is 16.7 Å². The maximum atomic E-state index is 12.4. The fraction of sp³-hybridized carbons (Fsp3) is 0.0370. The molecule has 4 aromatic rings. The fourth-order valence-electron chi connectivity index (χ4n) is 3.50. The summed E-state index contributed by atoms with van der Waals surface area (Å²) in [6.45, 7) is 0.337. The minimum Gasteiger partial charge on any atom is -0.489 e. The number of esters is 1. The summed E-state index contributed by atoms with van der Waals surface area (Å²) < 4.78 is 11.3. The molecule has 33 heavy (non-hydrogen) atoms. The maximum absolute atomic E-state index is 12.4. The third-order valence-electron chi connectivity index (χ3n) is 5.17.